The monoisotopic (exact) mass is 418 g/mol. The summed E-state index contributed by atoms with van der Waals surface area (Å²) >= 11 is 0. The largest absolute Gasteiger partial charge is 0.467 e. The summed E-state index contributed by atoms with van der Waals surface area (Å²) in [6.07, 6.45) is 2.35. The van der Waals surface area contributed by atoms with E-state index in [1.54, 1.807) is 28.2 Å². The van der Waals surface area contributed by atoms with Crippen LogP contribution < -0.4 is 0 Å². The quantitative estimate of drug-likeness (QED) is 0.482. The van der Waals surface area contributed by atoms with E-state index >= 15 is 0 Å². The first-order valence-electron chi connectivity index (χ1n) is 10.7. The highest BCUT2D eigenvalue weighted by molar-refractivity contribution is 5.96. The molecule has 2 aromatic carbocycles. The molecule has 0 aliphatic rings. The topological polar surface area (TPSA) is 53.8 Å². The minimum atomic E-state index is -0.122. The number of furan rings is 1. The zero-order valence-corrected chi connectivity index (χ0v) is 18.2. The van der Waals surface area contributed by atoms with E-state index in [1.807, 2.05) is 62.4 Å². The normalized spacial score (nSPS) is 10.8. The first-order chi connectivity index (χ1) is 15.0. The minimum absolute atomic E-state index is 0.0431. The number of hydrogen-bond acceptors (Lipinski definition) is 3. The fourth-order valence-electron chi connectivity index (χ4n) is 3.48. The number of amides is 2. The SMILES string of the molecule is CC(C)CN(CC(=O)N(CCc1ccccc1)Cc1ccco1)C(=O)c1ccccc1. The average molecular weight is 419 g/mol. The van der Waals surface area contributed by atoms with E-state index < -0.39 is 0 Å². The summed E-state index contributed by atoms with van der Waals surface area (Å²) in [6, 6.07) is 22.9. The third kappa shape index (κ3) is 6.85. The molecule has 3 aromatic rings. The Labute approximate surface area is 184 Å². The van der Waals surface area contributed by atoms with Gasteiger partial charge in [-0.3, -0.25) is 9.59 Å². The number of nitrogens with zero attached hydrogens (tertiary/aromatic N) is 2. The summed E-state index contributed by atoms with van der Waals surface area (Å²) in [5, 5.41) is 0. The molecule has 0 saturated carbocycles. The molecule has 0 atom stereocenters. The van der Waals surface area contributed by atoms with Crippen LogP contribution in [0.5, 0.6) is 0 Å². The fraction of sp³-hybridized carbons (Fsp3) is 0.308. The van der Waals surface area contributed by atoms with Crippen LogP contribution in [-0.2, 0) is 17.8 Å². The van der Waals surface area contributed by atoms with Gasteiger partial charge in [0.05, 0.1) is 12.8 Å². The summed E-state index contributed by atoms with van der Waals surface area (Å²) in [4.78, 5) is 29.8. The molecule has 0 aliphatic heterocycles. The van der Waals surface area contributed by atoms with Crippen LogP contribution in [0.3, 0.4) is 0 Å². The molecule has 1 heterocycles. The van der Waals surface area contributed by atoms with Crippen molar-refractivity contribution in [2.45, 2.75) is 26.8 Å². The van der Waals surface area contributed by atoms with Crippen LogP contribution in [0.4, 0.5) is 0 Å². The fourth-order valence-corrected chi connectivity index (χ4v) is 3.48. The van der Waals surface area contributed by atoms with E-state index in [1.165, 1.54) is 5.56 Å². The average Bonchev–Trinajstić information content (AvgIpc) is 3.30. The van der Waals surface area contributed by atoms with Gasteiger partial charge in [-0.05, 0) is 42.2 Å². The Hall–Kier alpha value is -3.34. The Morgan fingerprint density at radius 3 is 2.16 bits per heavy atom. The third-order valence-electron chi connectivity index (χ3n) is 5.01. The number of rotatable bonds is 10. The Bertz CT molecular complexity index is 937. The lowest BCUT2D eigenvalue weighted by molar-refractivity contribution is -0.132. The van der Waals surface area contributed by atoms with Crippen LogP contribution in [0.25, 0.3) is 0 Å². The zero-order valence-electron chi connectivity index (χ0n) is 18.2. The molecule has 2 amide bonds. The highest BCUT2D eigenvalue weighted by Gasteiger charge is 2.23. The second-order valence-corrected chi connectivity index (χ2v) is 8.08. The highest BCUT2D eigenvalue weighted by atomic mass is 16.3. The second kappa shape index (κ2) is 11.2. The molecule has 0 N–H and O–H groups in total. The van der Waals surface area contributed by atoms with Gasteiger partial charge in [0, 0.05) is 18.7 Å². The minimum Gasteiger partial charge on any atom is -0.467 e. The maximum atomic E-state index is 13.3. The Morgan fingerprint density at radius 1 is 0.871 bits per heavy atom. The van der Waals surface area contributed by atoms with E-state index in [0.29, 0.717) is 25.2 Å². The maximum Gasteiger partial charge on any atom is 0.254 e. The Morgan fingerprint density at radius 2 is 1.55 bits per heavy atom. The lowest BCUT2D eigenvalue weighted by Crippen LogP contribution is -2.44. The molecule has 5 heteroatoms. The van der Waals surface area contributed by atoms with Crippen molar-refractivity contribution in [2.24, 2.45) is 5.92 Å². The molecule has 162 valence electrons. The summed E-state index contributed by atoms with van der Waals surface area (Å²) in [5.41, 5.74) is 1.76. The van der Waals surface area contributed by atoms with Gasteiger partial charge in [0.15, 0.2) is 0 Å². The van der Waals surface area contributed by atoms with E-state index in [4.69, 9.17) is 4.42 Å². The molecule has 0 aliphatic carbocycles. The van der Waals surface area contributed by atoms with Gasteiger partial charge in [0.2, 0.25) is 5.91 Å². The van der Waals surface area contributed by atoms with Crippen molar-refractivity contribution in [1.82, 2.24) is 9.80 Å². The number of hydrogen-bond donors (Lipinski definition) is 0. The molecular weight excluding hydrogens is 388 g/mol. The van der Waals surface area contributed by atoms with E-state index in [0.717, 1.165) is 12.2 Å². The van der Waals surface area contributed by atoms with Crippen molar-refractivity contribution in [3.63, 3.8) is 0 Å². The van der Waals surface area contributed by atoms with Crippen LogP contribution in [-0.4, -0.2) is 41.2 Å². The third-order valence-corrected chi connectivity index (χ3v) is 5.01. The molecule has 0 unspecified atom stereocenters. The van der Waals surface area contributed by atoms with E-state index in [2.05, 4.69) is 12.1 Å². The van der Waals surface area contributed by atoms with Crippen molar-refractivity contribution >= 4 is 11.8 Å². The predicted octanol–water partition coefficient (Wildman–Crippen LogP) is 4.65. The summed E-state index contributed by atoms with van der Waals surface area (Å²) in [6.45, 7) is 5.60. The van der Waals surface area contributed by atoms with Crippen molar-refractivity contribution in [2.75, 3.05) is 19.6 Å². The van der Waals surface area contributed by atoms with Gasteiger partial charge in [-0.25, -0.2) is 0 Å². The first-order valence-corrected chi connectivity index (χ1v) is 10.7. The van der Waals surface area contributed by atoms with Gasteiger partial charge in [0.25, 0.3) is 5.91 Å². The van der Waals surface area contributed by atoms with Crippen molar-refractivity contribution in [3.8, 4) is 0 Å². The Kier molecular flexibility index (Phi) is 8.05. The standard InChI is InChI=1S/C26H30N2O3/c1-21(2)18-28(26(30)23-12-7-4-8-13-23)20-25(29)27(19-24-14-9-17-31-24)16-15-22-10-5-3-6-11-22/h3-14,17,21H,15-16,18-20H2,1-2H3. The molecule has 0 radical (unpaired) electrons. The smallest absolute Gasteiger partial charge is 0.254 e. The van der Waals surface area contributed by atoms with Crippen LogP contribution in [0.1, 0.15) is 35.5 Å². The van der Waals surface area contributed by atoms with E-state index in [-0.39, 0.29) is 24.3 Å². The molecule has 0 spiro atoms. The maximum absolute atomic E-state index is 13.3. The molecular formula is C26H30N2O3. The van der Waals surface area contributed by atoms with Gasteiger partial charge >= 0.3 is 0 Å². The van der Waals surface area contributed by atoms with Gasteiger partial charge in [-0.15, -0.1) is 0 Å². The van der Waals surface area contributed by atoms with Crippen molar-refractivity contribution < 1.29 is 14.0 Å². The molecule has 3 rings (SSSR count). The van der Waals surface area contributed by atoms with E-state index in [9.17, 15) is 9.59 Å². The van der Waals surface area contributed by atoms with Crippen LogP contribution in [0.15, 0.2) is 83.5 Å². The van der Waals surface area contributed by atoms with Gasteiger partial charge in [0.1, 0.15) is 12.3 Å². The predicted molar refractivity (Wildman–Crippen MR) is 121 cm³/mol. The number of carbonyl (C=O) groups excluding carboxylic acids is 2. The summed E-state index contributed by atoms with van der Waals surface area (Å²) < 4.78 is 5.48. The highest BCUT2D eigenvalue weighted by Crippen LogP contribution is 2.12. The van der Waals surface area contributed by atoms with Gasteiger partial charge < -0.3 is 14.2 Å². The number of benzene rings is 2. The molecule has 0 fully saturated rings. The lowest BCUT2D eigenvalue weighted by atomic mass is 10.1. The number of carbonyl (C=O) groups is 2. The van der Waals surface area contributed by atoms with Gasteiger partial charge in [-0.1, -0.05) is 62.4 Å². The molecule has 31 heavy (non-hydrogen) atoms. The molecule has 0 saturated heterocycles. The molecule has 0 bridgehead atoms. The van der Waals surface area contributed by atoms with Crippen LogP contribution in [0, 0.1) is 5.92 Å². The van der Waals surface area contributed by atoms with Gasteiger partial charge in [-0.2, -0.15) is 0 Å². The molecule has 5 nitrogen and oxygen atoms in total. The Balaban J connectivity index is 1.74. The second-order valence-electron chi connectivity index (χ2n) is 8.08. The summed E-state index contributed by atoms with van der Waals surface area (Å²) in [5.74, 6) is 0.774. The summed E-state index contributed by atoms with van der Waals surface area (Å²) in [7, 11) is 0. The van der Waals surface area contributed by atoms with Crippen LogP contribution in [0.2, 0.25) is 0 Å². The van der Waals surface area contributed by atoms with Crippen LogP contribution >= 0.6 is 0 Å². The van der Waals surface area contributed by atoms with Crippen molar-refractivity contribution in [1.29, 1.82) is 0 Å². The lowest BCUT2D eigenvalue weighted by Gasteiger charge is -2.28. The molecule has 1 aromatic heterocycles. The first kappa shape index (κ1) is 22.3. The zero-order chi connectivity index (χ0) is 22.1. The van der Waals surface area contributed by atoms with Crippen molar-refractivity contribution in [3.05, 3.63) is 95.9 Å².